The number of hydrogen-bond acceptors (Lipinski definition) is 4. The van der Waals surface area contributed by atoms with E-state index in [-0.39, 0.29) is 0 Å². The predicted molar refractivity (Wildman–Crippen MR) is 71.9 cm³/mol. The number of carboxylic acid groups (broad SMARTS) is 1. The van der Waals surface area contributed by atoms with Gasteiger partial charge in [0.25, 0.3) is 0 Å². The molecular formula is C13H20N2O2S. The first-order valence-electron chi connectivity index (χ1n) is 6.57. The number of carbonyl (C=O) groups is 1. The minimum absolute atomic E-state index is 0.317. The van der Waals surface area contributed by atoms with Crippen molar-refractivity contribution >= 4 is 17.3 Å². The monoisotopic (exact) mass is 268 g/mol. The highest BCUT2D eigenvalue weighted by Gasteiger charge is 2.26. The van der Waals surface area contributed by atoms with Crippen LogP contribution in [0.2, 0.25) is 0 Å². The zero-order valence-corrected chi connectivity index (χ0v) is 11.5. The number of nitrogens with zero attached hydrogens (tertiary/aromatic N) is 1. The fraction of sp³-hybridized carbons (Fsp3) is 0.692. The molecule has 4 nitrogen and oxygen atoms in total. The topological polar surface area (TPSA) is 62.2 Å². The highest BCUT2D eigenvalue weighted by atomic mass is 32.1. The van der Waals surface area contributed by atoms with Crippen molar-refractivity contribution in [2.75, 3.05) is 0 Å². The summed E-state index contributed by atoms with van der Waals surface area (Å²) in [5.74, 6) is -0.825. The molecule has 0 radical (unpaired) electrons. The van der Waals surface area contributed by atoms with Crippen LogP contribution in [0, 0.1) is 6.92 Å². The van der Waals surface area contributed by atoms with Crippen LogP contribution in [0.1, 0.15) is 55.3 Å². The number of nitrogens with one attached hydrogen (secondary N) is 1. The van der Waals surface area contributed by atoms with Crippen molar-refractivity contribution in [1.82, 2.24) is 10.3 Å². The molecule has 1 aromatic rings. The van der Waals surface area contributed by atoms with Crippen LogP contribution in [-0.2, 0) is 4.79 Å². The van der Waals surface area contributed by atoms with Gasteiger partial charge in [-0.15, -0.1) is 11.3 Å². The van der Waals surface area contributed by atoms with E-state index in [0.717, 1.165) is 18.5 Å². The second-order valence-corrected chi connectivity index (χ2v) is 5.84. The van der Waals surface area contributed by atoms with Gasteiger partial charge < -0.3 is 5.11 Å². The Labute approximate surface area is 111 Å². The summed E-state index contributed by atoms with van der Waals surface area (Å²) >= 11 is 1.43. The molecule has 1 saturated carbocycles. The lowest BCUT2D eigenvalue weighted by atomic mass is 10.1. The summed E-state index contributed by atoms with van der Waals surface area (Å²) < 4.78 is 0. The van der Waals surface area contributed by atoms with E-state index in [2.05, 4.69) is 10.3 Å². The molecule has 0 spiro atoms. The van der Waals surface area contributed by atoms with Gasteiger partial charge >= 0.3 is 5.97 Å². The van der Waals surface area contributed by atoms with Gasteiger partial charge in [-0.1, -0.05) is 25.7 Å². The maximum atomic E-state index is 11.4. The molecule has 0 amide bonds. The predicted octanol–water partition coefficient (Wildman–Crippen LogP) is 2.89. The highest BCUT2D eigenvalue weighted by Crippen LogP contribution is 2.23. The molecule has 18 heavy (non-hydrogen) atoms. The average molecular weight is 268 g/mol. The van der Waals surface area contributed by atoms with Crippen molar-refractivity contribution in [3.8, 4) is 0 Å². The summed E-state index contributed by atoms with van der Waals surface area (Å²) in [5.41, 5.74) is 0.893. The third kappa shape index (κ3) is 3.53. The fourth-order valence-corrected chi connectivity index (χ4v) is 3.28. The second-order valence-electron chi connectivity index (χ2n) is 4.95. The molecular weight excluding hydrogens is 248 g/mol. The minimum Gasteiger partial charge on any atom is -0.480 e. The van der Waals surface area contributed by atoms with Crippen LogP contribution in [0.5, 0.6) is 0 Å². The first kappa shape index (κ1) is 13.5. The SMILES string of the molecule is Cc1csc(C(NC2CCCCCC2)C(=O)O)n1. The third-order valence-corrected chi connectivity index (χ3v) is 4.42. The first-order valence-corrected chi connectivity index (χ1v) is 7.45. The molecule has 2 rings (SSSR count). The van der Waals surface area contributed by atoms with Gasteiger partial charge in [-0.25, -0.2) is 4.98 Å². The lowest BCUT2D eigenvalue weighted by molar-refractivity contribution is -0.140. The zero-order chi connectivity index (χ0) is 13.0. The molecule has 0 aliphatic heterocycles. The van der Waals surface area contributed by atoms with Crippen LogP contribution in [0.15, 0.2) is 5.38 Å². The quantitative estimate of drug-likeness (QED) is 0.824. The van der Waals surface area contributed by atoms with E-state index in [1.807, 2.05) is 12.3 Å². The van der Waals surface area contributed by atoms with E-state index < -0.39 is 12.0 Å². The van der Waals surface area contributed by atoms with Crippen molar-refractivity contribution in [3.63, 3.8) is 0 Å². The van der Waals surface area contributed by atoms with Crippen molar-refractivity contribution in [1.29, 1.82) is 0 Å². The smallest absolute Gasteiger partial charge is 0.327 e. The molecule has 1 heterocycles. The van der Waals surface area contributed by atoms with E-state index >= 15 is 0 Å². The Bertz CT molecular complexity index is 397. The van der Waals surface area contributed by atoms with Crippen LogP contribution in [0.25, 0.3) is 0 Å². The van der Waals surface area contributed by atoms with Crippen LogP contribution in [0.4, 0.5) is 0 Å². The summed E-state index contributed by atoms with van der Waals surface area (Å²) in [4.78, 5) is 15.7. The minimum atomic E-state index is -0.825. The number of carboxylic acids is 1. The fourth-order valence-electron chi connectivity index (χ4n) is 2.43. The molecule has 1 atom stereocenters. The Morgan fingerprint density at radius 1 is 1.44 bits per heavy atom. The molecule has 5 heteroatoms. The Kier molecular flexibility index (Phi) is 4.72. The molecule has 1 aromatic heterocycles. The third-order valence-electron chi connectivity index (χ3n) is 3.39. The summed E-state index contributed by atoms with van der Waals surface area (Å²) in [6.45, 7) is 1.89. The van der Waals surface area contributed by atoms with Crippen molar-refractivity contribution in [3.05, 3.63) is 16.1 Å². The molecule has 1 unspecified atom stereocenters. The molecule has 1 aliphatic carbocycles. The van der Waals surface area contributed by atoms with Gasteiger partial charge in [-0.2, -0.15) is 0 Å². The maximum Gasteiger partial charge on any atom is 0.327 e. The summed E-state index contributed by atoms with van der Waals surface area (Å²) in [7, 11) is 0. The van der Waals surface area contributed by atoms with E-state index in [9.17, 15) is 9.90 Å². The van der Waals surface area contributed by atoms with Crippen LogP contribution >= 0.6 is 11.3 Å². The molecule has 0 saturated heterocycles. The van der Waals surface area contributed by atoms with Gasteiger partial charge in [-0.3, -0.25) is 10.1 Å². The van der Waals surface area contributed by atoms with Crippen molar-refractivity contribution < 1.29 is 9.90 Å². The number of aliphatic carboxylic acids is 1. The Morgan fingerprint density at radius 2 is 2.11 bits per heavy atom. The second kappa shape index (κ2) is 6.29. The Hall–Kier alpha value is -0.940. The van der Waals surface area contributed by atoms with Crippen LogP contribution < -0.4 is 5.32 Å². The average Bonchev–Trinajstić information content (AvgIpc) is 2.61. The van der Waals surface area contributed by atoms with Crippen LogP contribution in [0.3, 0.4) is 0 Å². The van der Waals surface area contributed by atoms with E-state index in [4.69, 9.17) is 0 Å². The Balaban J connectivity index is 2.04. The largest absolute Gasteiger partial charge is 0.480 e. The normalized spacial score (nSPS) is 19.4. The summed E-state index contributed by atoms with van der Waals surface area (Å²) in [5, 5.41) is 15.2. The molecule has 0 bridgehead atoms. The van der Waals surface area contributed by atoms with Gasteiger partial charge in [0.2, 0.25) is 0 Å². The van der Waals surface area contributed by atoms with Crippen molar-refractivity contribution in [2.45, 2.75) is 57.5 Å². The number of aryl methyl sites for hydroxylation is 1. The lowest BCUT2D eigenvalue weighted by Gasteiger charge is -2.20. The van der Waals surface area contributed by atoms with Gasteiger partial charge in [0.05, 0.1) is 0 Å². The van der Waals surface area contributed by atoms with Crippen LogP contribution in [-0.4, -0.2) is 22.1 Å². The van der Waals surface area contributed by atoms with Crippen molar-refractivity contribution in [2.24, 2.45) is 0 Å². The lowest BCUT2D eigenvalue weighted by Crippen LogP contribution is -2.36. The molecule has 1 fully saturated rings. The summed E-state index contributed by atoms with van der Waals surface area (Å²) in [6, 6.07) is -0.329. The number of aromatic nitrogens is 1. The number of hydrogen-bond donors (Lipinski definition) is 2. The van der Waals surface area contributed by atoms with Gasteiger partial charge in [0.1, 0.15) is 5.01 Å². The molecule has 0 aromatic carbocycles. The van der Waals surface area contributed by atoms with E-state index in [1.165, 1.54) is 37.0 Å². The Morgan fingerprint density at radius 3 is 2.61 bits per heavy atom. The molecule has 100 valence electrons. The first-order chi connectivity index (χ1) is 8.66. The van der Waals surface area contributed by atoms with Gasteiger partial charge in [0, 0.05) is 17.1 Å². The highest BCUT2D eigenvalue weighted by molar-refractivity contribution is 7.09. The van der Waals surface area contributed by atoms with Gasteiger partial charge in [0.15, 0.2) is 6.04 Å². The summed E-state index contributed by atoms with van der Waals surface area (Å²) in [6.07, 6.45) is 7.09. The number of rotatable bonds is 4. The molecule has 1 aliphatic rings. The van der Waals surface area contributed by atoms with Gasteiger partial charge in [-0.05, 0) is 19.8 Å². The standard InChI is InChI=1S/C13H20N2O2S/c1-9-8-18-12(14-9)11(13(16)17)15-10-6-4-2-3-5-7-10/h8,10-11,15H,2-7H2,1H3,(H,16,17). The zero-order valence-electron chi connectivity index (χ0n) is 10.7. The van der Waals surface area contributed by atoms with E-state index in [1.54, 1.807) is 0 Å². The number of thiazole rings is 1. The molecule has 2 N–H and O–H groups in total. The van der Waals surface area contributed by atoms with E-state index in [0.29, 0.717) is 11.0 Å². The maximum absolute atomic E-state index is 11.4.